The van der Waals surface area contributed by atoms with Gasteiger partial charge in [-0.05, 0) is 36.6 Å². The fraction of sp³-hybridized carbons (Fsp3) is 0.464. The van der Waals surface area contributed by atoms with Gasteiger partial charge in [0, 0.05) is 48.2 Å². The van der Waals surface area contributed by atoms with E-state index < -0.39 is 47.0 Å². The zero-order valence-electron chi connectivity index (χ0n) is 22.0. The first-order valence-corrected chi connectivity index (χ1v) is 12.9. The maximum atomic E-state index is 16.0. The summed E-state index contributed by atoms with van der Waals surface area (Å²) >= 11 is 0. The highest BCUT2D eigenvalue weighted by atomic mass is 19.4. The Kier molecular flexibility index (Phi) is 6.90. The number of nitrogens with one attached hydrogen (secondary N) is 1. The second-order valence-electron chi connectivity index (χ2n) is 11.2. The number of alkyl halides is 3. The molecule has 2 atom stereocenters. The Morgan fingerprint density at radius 3 is 2.42 bits per heavy atom. The third-order valence-electron chi connectivity index (χ3n) is 8.19. The van der Waals surface area contributed by atoms with Crippen LogP contribution in [0, 0.1) is 11.2 Å². The Balaban J connectivity index is 1.32. The number of amides is 3. The van der Waals surface area contributed by atoms with Crippen LogP contribution >= 0.6 is 0 Å². The van der Waals surface area contributed by atoms with Crippen LogP contribution in [0.15, 0.2) is 36.4 Å². The number of hydrogen-bond donors (Lipinski definition) is 2. The van der Waals surface area contributed by atoms with E-state index in [0.717, 1.165) is 5.56 Å². The Hall–Kier alpha value is -3.51. The molecule has 214 valence electrons. The van der Waals surface area contributed by atoms with Crippen LogP contribution in [0.2, 0.25) is 0 Å². The van der Waals surface area contributed by atoms with Gasteiger partial charge in [-0.25, -0.2) is 4.39 Å². The van der Waals surface area contributed by atoms with Crippen molar-refractivity contribution in [2.45, 2.75) is 64.2 Å². The normalized spacial score (nSPS) is 25.1. The van der Waals surface area contributed by atoms with E-state index in [4.69, 9.17) is 0 Å². The molecule has 0 radical (unpaired) electrons. The molecule has 2 unspecified atom stereocenters. The van der Waals surface area contributed by atoms with E-state index >= 15 is 4.39 Å². The van der Waals surface area contributed by atoms with Crippen LogP contribution in [-0.4, -0.2) is 58.1 Å². The van der Waals surface area contributed by atoms with Crippen LogP contribution < -0.4 is 10.1 Å². The van der Waals surface area contributed by atoms with Crippen LogP contribution in [0.25, 0.3) is 0 Å². The highest BCUT2D eigenvalue weighted by Gasteiger charge is 2.51. The number of rotatable bonds is 5. The van der Waals surface area contributed by atoms with Crippen molar-refractivity contribution in [3.05, 3.63) is 64.5 Å². The summed E-state index contributed by atoms with van der Waals surface area (Å²) in [5.74, 6) is -2.51. The van der Waals surface area contributed by atoms with Gasteiger partial charge in [0.05, 0.1) is 12.1 Å². The van der Waals surface area contributed by atoms with E-state index in [2.05, 4.69) is 10.1 Å². The topological polar surface area (TPSA) is 99.2 Å². The van der Waals surface area contributed by atoms with Crippen molar-refractivity contribution >= 4 is 17.7 Å². The first-order valence-electron chi connectivity index (χ1n) is 12.9. The molecule has 0 saturated carbocycles. The maximum absolute atomic E-state index is 16.0. The molecule has 2 aromatic rings. The van der Waals surface area contributed by atoms with Gasteiger partial charge < -0.3 is 14.7 Å². The lowest BCUT2D eigenvalue weighted by Gasteiger charge is -2.50. The van der Waals surface area contributed by atoms with Gasteiger partial charge in [0.15, 0.2) is 0 Å². The number of fused-ring (bicyclic) bond motifs is 1. The first-order chi connectivity index (χ1) is 18.7. The molecule has 8 nitrogen and oxygen atoms in total. The average molecular weight is 564 g/mol. The van der Waals surface area contributed by atoms with Gasteiger partial charge in [-0.1, -0.05) is 32.0 Å². The summed E-state index contributed by atoms with van der Waals surface area (Å²) in [7, 11) is 0. The summed E-state index contributed by atoms with van der Waals surface area (Å²) in [5, 5.41) is 14.1. The van der Waals surface area contributed by atoms with E-state index in [1.54, 1.807) is 12.1 Å². The molecule has 0 spiro atoms. The Labute approximate surface area is 227 Å². The quantitative estimate of drug-likeness (QED) is 0.426. The van der Waals surface area contributed by atoms with Crippen molar-refractivity contribution in [1.29, 1.82) is 0 Å². The monoisotopic (exact) mass is 563 g/mol. The molecule has 3 amide bonds. The summed E-state index contributed by atoms with van der Waals surface area (Å²) in [5.41, 5.74) is -1.35. The summed E-state index contributed by atoms with van der Waals surface area (Å²) in [6.45, 7) is 4.64. The first kappa shape index (κ1) is 28.0. The molecule has 3 heterocycles. The molecule has 2 saturated heterocycles. The van der Waals surface area contributed by atoms with Gasteiger partial charge in [-0.3, -0.25) is 24.6 Å². The van der Waals surface area contributed by atoms with E-state index in [-0.39, 0.29) is 48.2 Å². The predicted octanol–water partition coefficient (Wildman–Crippen LogP) is 3.61. The summed E-state index contributed by atoms with van der Waals surface area (Å²) in [4.78, 5) is 40.2. The molecule has 2 fully saturated rings. The lowest BCUT2D eigenvalue weighted by molar-refractivity contribution is -0.274. The van der Waals surface area contributed by atoms with Crippen LogP contribution in [-0.2, 0) is 28.3 Å². The number of imide groups is 1. The average Bonchev–Trinajstić information content (AvgIpc) is 3.19. The van der Waals surface area contributed by atoms with Crippen LogP contribution in [0.1, 0.15) is 60.2 Å². The van der Waals surface area contributed by atoms with Crippen molar-refractivity contribution < 1.29 is 41.8 Å². The minimum Gasteiger partial charge on any atom is -0.406 e. The number of benzene rings is 2. The number of hydrogen-bond acceptors (Lipinski definition) is 6. The maximum Gasteiger partial charge on any atom is 0.573 e. The van der Waals surface area contributed by atoms with Gasteiger partial charge in [0.1, 0.15) is 17.6 Å². The number of ether oxygens (including phenoxy) is 1. The fourth-order valence-corrected chi connectivity index (χ4v) is 6.04. The van der Waals surface area contributed by atoms with E-state index in [9.17, 15) is 32.7 Å². The molecule has 0 aromatic heterocycles. The molecule has 0 bridgehead atoms. The van der Waals surface area contributed by atoms with Crippen LogP contribution in [0.5, 0.6) is 5.75 Å². The molecule has 2 aromatic carbocycles. The highest BCUT2D eigenvalue weighted by molar-refractivity contribution is 6.05. The highest BCUT2D eigenvalue weighted by Crippen LogP contribution is 2.48. The lowest BCUT2D eigenvalue weighted by atomic mass is 9.66. The molecule has 3 aliphatic heterocycles. The van der Waals surface area contributed by atoms with E-state index in [0.29, 0.717) is 19.6 Å². The number of aliphatic hydroxyl groups is 1. The second-order valence-corrected chi connectivity index (χ2v) is 11.2. The van der Waals surface area contributed by atoms with Crippen molar-refractivity contribution in [3.63, 3.8) is 0 Å². The van der Waals surface area contributed by atoms with Gasteiger partial charge in [-0.2, -0.15) is 0 Å². The number of nitrogens with zero attached hydrogens (tertiary/aromatic N) is 2. The number of carbonyl (C=O) groups excluding carboxylic acids is 3. The molecular formula is C28H29F4N3O5. The molecule has 3 aliphatic rings. The molecule has 2 N–H and O–H groups in total. The molecule has 5 rings (SSSR count). The minimum atomic E-state index is -4.77. The Bertz CT molecular complexity index is 1360. The van der Waals surface area contributed by atoms with Crippen molar-refractivity contribution in [3.8, 4) is 5.75 Å². The number of carbonyl (C=O) groups is 3. The molecule has 12 heteroatoms. The summed E-state index contributed by atoms with van der Waals surface area (Å²) in [6.07, 6.45) is -4.36. The zero-order valence-corrected chi connectivity index (χ0v) is 22.0. The van der Waals surface area contributed by atoms with E-state index in [1.165, 1.54) is 29.2 Å². The zero-order chi connectivity index (χ0) is 29.0. The lowest BCUT2D eigenvalue weighted by Crippen LogP contribution is -2.55. The largest absolute Gasteiger partial charge is 0.573 e. The summed E-state index contributed by atoms with van der Waals surface area (Å²) < 4.78 is 57.3. The number of likely N-dealkylation sites (tertiary alicyclic amines) is 1. The molecule has 40 heavy (non-hydrogen) atoms. The SMILES string of the molecule is CC1(C)CN(Cc2ccc(OC(F)(F)F)cc2)CCC1(O)c1ccc2c(c1F)CN(C1CCC(=O)NC1=O)C2=O. The third kappa shape index (κ3) is 5.05. The van der Waals surface area contributed by atoms with Crippen molar-refractivity contribution in [2.75, 3.05) is 13.1 Å². The van der Waals surface area contributed by atoms with Gasteiger partial charge in [-0.15, -0.1) is 13.2 Å². The van der Waals surface area contributed by atoms with Crippen molar-refractivity contribution in [2.24, 2.45) is 5.41 Å². The smallest absolute Gasteiger partial charge is 0.406 e. The van der Waals surface area contributed by atoms with Gasteiger partial charge in [0.25, 0.3) is 5.91 Å². The van der Waals surface area contributed by atoms with Crippen LogP contribution in [0.4, 0.5) is 17.6 Å². The standard InChI is InChI=1S/C28H29F4N3O5/c1-26(2)15-34(13-16-3-5-17(6-4-16)40-28(30,31)32)12-11-27(26,39)20-8-7-18-19(23(20)29)14-35(25(18)38)21-9-10-22(36)33-24(21)37/h3-8,21,39H,9-15H2,1-2H3,(H,33,36,37). The number of halogens is 4. The number of piperidine rings is 2. The minimum absolute atomic E-state index is 0.0717. The predicted molar refractivity (Wildman–Crippen MR) is 133 cm³/mol. The van der Waals surface area contributed by atoms with Crippen LogP contribution in [0.3, 0.4) is 0 Å². The van der Waals surface area contributed by atoms with Crippen molar-refractivity contribution in [1.82, 2.24) is 15.1 Å². The Morgan fingerprint density at radius 2 is 1.80 bits per heavy atom. The Morgan fingerprint density at radius 1 is 1.10 bits per heavy atom. The molecule has 0 aliphatic carbocycles. The second kappa shape index (κ2) is 9.84. The third-order valence-corrected chi connectivity index (χ3v) is 8.19. The fourth-order valence-electron chi connectivity index (χ4n) is 6.04. The van der Waals surface area contributed by atoms with E-state index in [1.807, 2.05) is 18.7 Å². The van der Waals surface area contributed by atoms with Gasteiger partial charge in [0.2, 0.25) is 11.8 Å². The van der Waals surface area contributed by atoms with Gasteiger partial charge >= 0.3 is 6.36 Å². The summed E-state index contributed by atoms with van der Waals surface area (Å²) in [6, 6.07) is 7.60. The molecular weight excluding hydrogens is 534 g/mol.